The van der Waals surface area contributed by atoms with Gasteiger partial charge in [0.1, 0.15) is 5.75 Å². The number of ether oxygens (including phenoxy) is 1. The highest BCUT2D eigenvalue weighted by molar-refractivity contribution is 5.37. The lowest BCUT2D eigenvalue weighted by Crippen LogP contribution is -2.28. The van der Waals surface area contributed by atoms with Crippen LogP contribution in [0.15, 0.2) is 30.5 Å². The quantitative estimate of drug-likeness (QED) is 0.911. The van der Waals surface area contributed by atoms with Crippen LogP contribution in [0.25, 0.3) is 5.69 Å². The molecule has 0 spiro atoms. The fourth-order valence-corrected chi connectivity index (χ4v) is 2.59. The summed E-state index contributed by atoms with van der Waals surface area (Å²) in [5, 5.41) is 11.7. The molecule has 0 radical (unpaired) electrons. The molecule has 1 aromatic heterocycles. The number of nitrogens with zero attached hydrogens (tertiary/aromatic N) is 4. The van der Waals surface area contributed by atoms with Crippen molar-refractivity contribution in [1.82, 2.24) is 25.2 Å². The van der Waals surface area contributed by atoms with E-state index in [1.807, 2.05) is 35.1 Å². The van der Waals surface area contributed by atoms with Crippen LogP contribution in [-0.4, -0.2) is 53.2 Å². The highest BCUT2D eigenvalue weighted by Gasteiger charge is 2.13. The van der Waals surface area contributed by atoms with Crippen LogP contribution in [-0.2, 0) is 6.54 Å². The standard InChI is InChI=1S/C15H21N5O/c1-21-15-5-3-13(4-6-15)20-14(11-17-18-20)12-19-9-2-7-16-8-10-19/h3-6,11,16H,2,7-10,12H2,1H3. The van der Waals surface area contributed by atoms with Gasteiger partial charge in [0.2, 0.25) is 0 Å². The van der Waals surface area contributed by atoms with Crippen LogP contribution in [0.5, 0.6) is 5.75 Å². The van der Waals surface area contributed by atoms with Gasteiger partial charge >= 0.3 is 0 Å². The van der Waals surface area contributed by atoms with Crippen molar-refractivity contribution in [2.24, 2.45) is 0 Å². The molecule has 112 valence electrons. The second kappa shape index (κ2) is 6.69. The second-order valence-electron chi connectivity index (χ2n) is 5.21. The third-order valence-corrected chi connectivity index (χ3v) is 3.76. The van der Waals surface area contributed by atoms with Crippen LogP contribution < -0.4 is 10.1 Å². The fraction of sp³-hybridized carbons (Fsp3) is 0.467. The Morgan fingerprint density at radius 1 is 1.19 bits per heavy atom. The summed E-state index contributed by atoms with van der Waals surface area (Å²) in [7, 11) is 1.67. The third kappa shape index (κ3) is 3.40. The molecule has 0 saturated carbocycles. The molecule has 1 aliphatic heterocycles. The minimum atomic E-state index is 0.846. The topological polar surface area (TPSA) is 55.2 Å². The van der Waals surface area contributed by atoms with Crippen molar-refractivity contribution in [3.05, 3.63) is 36.2 Å². The number of methoxy groups -OCH3 is 1. The molecule has 2 aromatic rings. The zero-order valence-corrected chi connectivity index (χ0v) is 12.3. The number of nitrogens with one attached hydrogen (secondary N) is 1. The molecule has 1 N–H and O–H groups in total. The lowest BCUT2D eigenvalue weighted by Gasteiger charge is -2.19. The summed E-state index contributed by atoms with van der Waals surface area (Å²) in [5.74, 6) is 0.846. The normalized spacial score (nSPS) is 16.6. The van der Waals surface area contributed by atoms with Crippen LogP contribution in [0.4, 0.5) is 0 Å². The molecule has 0 aliphatic carbocycles. The molecule has 1 fully saturated rings. The van der Waals surface area contributed by atoms with Crippen molar-refractivity contribution in [1.29, 1.82) is 0 Å². The maximum absolute atomic E-state index is 5.19. The van der Waals surface area contributed by atoms with Gasteiger partial charge in [-0.2, -0.15) is 0 Å². The maximum Gasteiger partial charge on any atom is 0.119 e. The first-order valence-corrected chi connectivity index (χ1v) is 7.34. The van der Waals surface area contributed by atoms with Gasteiger partial charge in [-0.25, -0.2) is 4.68 Å². The molecule has 6 nitrogen and oxygen atoms in total. The Morgan fingerprint density at radius 2 is 2.05 bits per heavy atom. The molecule has 0 unspecified atom stereocenters. The predicted octanol–water partition coefficient (Wildman–Crippen LogP) is 1.07. The lowest BCUT2D eigenvalue weighted by molar-refractivity contribution is 0.278. The Morgan fingerprint density at radius 3 is 2.86 bits per heavy atom. The fourth-order valence-electron chi connectivity index (χ4n) is 2.59. The summed E-state index contributed by atoms with van der Waals surface area (Å²) in [6, 6.07) is 7.88. The summed E-state index contributed by atoms with van der Waals surface area (Å²) in [6.07, 6.45) is 3.03. The number of hydrogen-bond acceptors (Lipinski definition) is 5. The zero-order valence-electron chi connectivity index (χ0n) is 12.3. The number of benzene rings is 1. The minimum absolute atomic E-state index is 0.846. The van der Waals surface area contributed by atoms with E-state index in [0.29, 0.717) is 0 Å². The van der Waals surface area contributed by atoms with Crippen LogP contribution in [0.3, 0.4) is 0 Å². The summed E-state index contributed by atoms with van der Waals surface area (Å²) in [6.45, 7) is 5.20. The molecule has 0 atom stereocenters. The van der Waals surface area contributed by atoms with Gasteiger partial charge in [-0.05, 0) is 43.8 Å². The number of aromatic nitrogens is 3. The van der Waals surface area contributed by atoms with Crippen LogP contribution in [0.1, 0.15) is 12.1 Å². The number of hydrogen-bond donors (Lipinski definition) is 1. The molecule has 6 heteroatoms. The van der Waals surface area contributed by atoms with E-state index < -0.39 is 0 Å². The molecule has 1 saturated heterocycles. The first-order valence-electron chi connectivity index (χ1n) is 7.34. The monoisotopic (exact) mass is 287 g/mol. The van der Waals surface area contributed by atoms with Gasteiger partial charge in [0.25, 0.3) is 0 Å². The van der Waals surface area contributed by atoms with E-state index in [1.54, 1.807) is 7.11 Å². The average Bonchev–Trinajstić information content (AvgIpc) is 2.82. The molecular formula is C15H21N5O. The van der Waals surface area contributed by atoms with Crippen molar-refractivity contribution in [3.63, 3.8) is 0 Å². The van der Waals surface area contributed by atoms with Gasteiger partial charge in [-0.15, -0.1) is 5.10 Å². The average molecular weight is 287 g/mol. The summed E-state index contributed by atoms with van der Waals surface area (Å²) in [4.78, 5) is 2.44. The Balaban J connectivity index is 1.76. The first-order chi connectivity index (χ1) is 10.4. The SMILES string of the molecule is COc1ccc(-n2nncc2CN2CCCNCC2)cc1. The molecule has 21 heavy (non-hydrogen) atoms. The summed E-state index contributed by atoms with van der Waals surface area (Å²) in [5.41, 5.74) is 2.12. The van der Waals surface area contributed by atoms with Gasteiger partial charge in [0.05, 0.1) is 24.7 Å². The molecule has 1 aromatic carbocycles. The van der Waals surface area contributed by atoms with Crippen LogP contribution in [0, 0.1) is 0 Å². The zero-order chi connectivity index (χ0) is 14.5. The largest absolute Gasteiger partial charge is 0.497 e. The molecule has 1 aliphatic rings. The molecule has 0 bridgehead atoms. The highest BCUT2D eigenvalue weighted by Crippen LogP contribution is 2.16. The van der Waals surface area contributed by atoms with Crippen molar-refractivity contribution in [2.45, 2.75) is 13.0 Å². The third-order valence-electron chi connectivity index (χ3n) is 3.76. The van der Waals surface area contributed by atoms with Crippen LogP contribution in [0.2, 0.25) is 0 Å². The Bertz CT molecular complexity index is 558. The van der Waals surface area contributed by atoms with E-state index in [0.717, 1.165) is 49.9 Å². The lowest BCUT2D eigenvalue weighted by atomic mass is 10.3. The predicted molar refractivity (Wildman–Crippen MR) is 80.7 cm³/mol. The molecule has 0 amide bonds. The first kappa shape index (κ1) is 14.0. The minimum Gasteiger partial charge on any atom is -0.497 e. The van der Waals surface area contributed by atoms with Gasteiger partial charge in [0.15, 0.2) is 0 Å². The van der Waals surface area contributed by atoms with E-state index >= 15 is 0 Å². The van der Waals surface area contributed by atoms with Crippen molar-refractivity contribution in [3.8, 4) is 11.4 Å². The van der Waals surface area contributed by atoms with Gasteiger partial charge in [0, 0.05) is 19.6 Å². The Kier molecular flexibility index (Phi) is 4.47. The summed E-state index contributed by atoms with van der Waals surface area (Å²) < 4.78 is 7.09. The van der Waals surface area contributed by atoms with Gasteiger partial charge in [-0.3, -0.25) is 4.90 Å². The summed E-state index contributed by atoms with van der Waals surface area (Å²) >= 11 is 0. The molecule has 3 rings (SSSR count). The number of rotatable bonds is 4. The van der Waals surface area contributed by atoms with E-state index in [4.69, 9.17) is 4.74 Å². The smallest absolute Gasteiger partial charge is 0.119 e. The maximum atomic E-state index is 5.19. The van der Waals surface area contributed by atoms with Gasteiger partial charge in [-0.1, -0.05) is 5.21 Å². The molecular weight excluding hydrogens is 266 g/mol. The molecule has 2 heterocycles. The van der Waals surface area contributed by atoms with Crippen LogP contribution >= 0.6 is 0 Å². The van der Waals surface area contributed by atoms with E-state index in [-0.39, 0.29) is 0 Å². The highest BCUT2D eigenvalue weighted by atomic mass is 16.5. The Hall–Kier alpha value is -1.92. The van der Waals surface area contributed by atoms with Crippen molar-refractivity contribution >= 4 is 0 Å². The van der Waals surface area contributed by atoms with Crippen molar-refractivity contribution in [2.75, 3.05) is 33.3 Å². The second-order valence-corrected chi connectivity index (χ2v) is 5.21. The Labute approximate surface area is 124 Å². The van der Waals surface area contributed by atoms with Gasteiger partial charge < -0.3 is 10.1 Å². The van der Waals surface area contributed by atoms with E-state index in [1.165, 1.54) is 6.42 Å². The van der Waals surface area contributed by atoms with Crippen molar-refractivity contribution < 1.29 is 4.74 Å². The van der Waals surface area contributed by atoms with E-state index in [9.17, 15) is 0 Å². The van der Waals surface area contributed by atoms with E-state index in [2.05, 4.69) is 20.5 Å².